The molecule has 140 valence electrons. The first-order valence-corrected chi connectivity index (χ1v) is 10.3. The van der Waals surface area contributed by atoms with E-state index in [1.807, 2.05) is 25.1 Å². The van der Waals surface area contributed by atoms with Crippen LogP contribution in [0.4, 0.5) is 5.95 Å². The van der Waals surface area contributed by atoms with E-state index in [0.29, 0.717) is 11.4 Å². The van der Waals surface area contributed by atoms with Crippen molar-refractivity contribution in [2.45, 2.75) is 18.2 Å². The standard InChI is InChI=1S/C18H25N5O2S/c1-16-4-6-17(7-5-16)26(24,25)21-10-3-11-22-12-14-23(15-13-22)18-19-8-2-9-20-18/h2,4-9,21H,3,10-15H2,1H3. The predicted octanol–water partition coefficient (Wildman–Crippen LogP) is 1.28. The Morgan fingerprint density at radius 2 is 1.69 bits per heavy atom. The molecule has 7 nitrogen and oxygen atoms in total. The van der Waals surface area contributed by atoms with Gasteiger partial charge in [0, 0.05) is 45.1 Å². The van der Waals surface area contributed by atoms with Crippen LogP contribution in [0, 0.1) is 6.92 Å². The van der Waals surface area contributed by atoms with Crippen molar-refractivity contribution < 1.29 is 8.42 Å². The number of anilines is 1. The maximum absolute atomic E-state index is 12.2. The molecule has 2 aromatic rings. The number of hydrogen-bond acceptors (Lipinski definition) is 6. The number of nitrogens with zero attached hydrogens (tertiary/aromatic N) is 4. The van der Waals surface area contributed by atoms with E-state index in [2.05, 4.69) is 24.5 Å². The predicted molar refractivity (Wildman–Crippen MR) is 102 cm³/mol. The van der Waals surface area contributed by atoms with Crippen LogP contribution < -0.4 is 9.62 Å². The second-order valence-electron chi connectivity index (χ2n) is 6.44. The van der Waals surface area contributed by atoms with Crippen LogP contribution in [0.2, 0.25) is 0 Å². The molecule has 26 heavy (non-hydrogen) atoms. The molecular formula is C18H25N5O2S. The number of sulfonamides is 1. The molecule has 0 amide bonds. The van der Waals surface area contributed by atoms with Crippen LogP contribution >= 0.6 is 0 Å². The number of piperazine rings is 1. The van der Waals surface area contributed by atoms with Gasteiger partial charge in [0.05, 0.1) is 4.90 Å². The van der Waals surface area contributed by atoms with E-state index < -0.39 is 10.0 Å². The summed E-state index contributed by atoms with van der Waals surface area (Å²) >= 11 is 0. The first-order valence-electron chi connectivity index (χ1n) is 8.85. The molecule has 2 heterocycles. The fourth-order valence-electron chi connectivity index (χ4n) is 2.94. The van der Waals surface area contributed by atoms with Crippen molar-refractivity contribution in [3.63, 3.8) is 0 Å². The molecule has 0 bridgehead atoms. The molecule has 1 N–H and O–H groups in total. The summed E-state index contributed by atoms with van der Waals surface area (Å²) in [5.74, 6) is 0.776. The van der Waals surface area contributed by atoms with Gasteiger partial charge < -0.3 is 4.90 Å². The second kappa shape index (κ2) is 8.57. The molecule has 1 aromatic heterocycles. The van der Waals surface area contributed by atoms with E-state index in [4.69, 9.17) is 0 Å². The van der Waals surface area contributed by atoms with Crippen molar-refractivity contribution in [3.05, 3.63) is 48.3 Å². The van der Waals surface area contributed by atoms with Crippen molar-refractivity contribution in [2.24, 2.45) is 0 Å². The van der Waals surface area contributed by atoms with E-state index in [9.17, 15) is 8.42 Å². The van der Waals surface area contributed by atoms with Gasteiger partial charge in [0.1, 0.15) is 0 Å². The normalized spacial score (nSPS) is 16.0. The molecule has 0 unspecified atom stereocenters. The second-order valence-corrected chi connectivity index (χ2v) is 8.21. The van der Waals surface area contributed by atoms with Gasteiger partial charge in [-0.05, 0) is 38.1 Å². The van der Waals surface area contributed by atoms with Gasteiger partial charge in [0.15, 0.2) is 0 Å². The van der Waals surface area contributed by atoms with E-state index in [0.717, 1.165) is 50.7 Å². The number of benzene rings is 1. The zero-order valence-corrected chi connectivity index (χ0v) is 15.8. The lowest BCUT2D eigenvalue weighted by Crippen LogP contribution is -2.47. The van der Waals surface area contributed by atoms with E-state index in [-0.39, 0.29) is 0 Å². The van der Waals surface area contributed by atoms with Gasteiger partial charge >= 0.3 is 0 Å². The summed E-state index contributed by atoms with van der Waals surface area (Å²) in [7, 11) is -3.42. The van der Waals surface area contributed by atoms with E-state index in [1.165, 1.54) is 0 Å². The Kier molecular flexibility index (Phi) is 6.18. The van der Waals surface area contributed by atoms with Gasteiger partial charge in [0.2, 0.25) is 16.0 Å². The minimum absolute atomic E-state index is 0.319. The summed E-state index contributed by atoms with van der Waals surface area (Å²) < 4.78 is 27.2. The molecule has 8 heteroatoms. The third kappa shape index (κ3) is 5.00. The van der Waals surface area contributed by atoms with Crippen LogP contribution in [0.1, 0.15) is 12.0 Å². The summed E-state index contributed by atoms with van der Waals surface area (Å²) in [6, 6.07) is 8.72. The van der Waals surface area contributed by atoms with Crippen molar-refractivity contribution in [1.29, 1.82) is 0 Å². The zero-order valence-electron chi connectivity index (χ0n) is 15.0. The Balaban J connectivity index is 1.39. The van der Waals surface area contributed by atoms with E-state index >= 15 is 0 Å². The van der Waals surface area contributed by atoms with Crippen LogP contribution in [-0.4, -0.2) is 62.6 Å². The SMILES string of the molecule is Cc1ccc(S(=O)(=O)NCCCN2CCN(c3ncccn3)CC2)cc1. The first kappa shape index (κ1) is 18.8. The first-order chi connectivity index (χ1) is 12.5. The minimum Gasteiger partial charge on any atom is -0.338 e. The number of nitrogens with one attached hydrogen (secondary N) is 1. The van der Waals surface area contributed by atoms with Crippen LogP contribution in [-0.2, 0) is 10.0 Å². The summed E-state index contributed by atoms with van der Waals surface area (Å²) in [5, 5.41) is 0. The number of aryl methyl sites for hydroxylation is 1. The monoisotopic (exact) mass is 375 g/mol. The molecule has 1 aromatic carbocycles. The molecule has 0 aliphatic carbocycles. The molecule has 1 saturated heterocycles. The Bertz CT molecular complexity index is 788. The molecule has 0 atom stereocenters. The molecule has 0 radical (unpaired) electrons. The molecule has 0 saturated carbocycles. The maximum Gasteiger partial charge on any atom is 0.240 e. The third-order valence-electron chi connectivity index (χ3n) is 4.48. The van der Waals surface area contributed by atoms with Crippen LogP contribution in [0.5, 0.6) is 0 Å². The van der Waals surface area contributed by atoms with Crippen molar-refractivity contribution >= 4 is 16.0 Å². The highest BCUT2D eigenvalue weighted by Crippen LogP contribution is 2.11. The minimum atomic E-state index is -3.42. The summed E-state index contributed by atoms with van der Waals surface area (Å²) in [6.07, 6.45) is 4.30. The molecule has 1 aliphatic heterocycles. The molecule has 0 spiro atoms. The Morgan fingerprint density at radius 1 is 1.04 bits per heavy atom. The van der Waals surface area contributed by atoms with Crippen LogP contribution in [0.25, 0.3) is 0 Å². The zero-order chi connectivity index (χ0) is 18.4. The summed E-state index contributed by atoms with van der Waals surface area (Å²) in [4.78, 5) is 13.4. The highest BCUT2D eigenvalue weighted by molar-refractivity contribution is 7.89. The van der Waals surface area contributed by atoms with Gasteiger partial charge in [-0.2, -0.15) is 0 Å². The van der Waals surface area contributed by atoms with Crippen LogP contribution in [0.15, 0.2) is 47.6 Å². The van der Waals surface area contributed by atoms with Gasteiger partial charge in [-0.25, -0.2) is 23.1 Å². The molecule has 3 rings (SSSR count). The Labute approximate surface area is 155 Å². The Morgan fingerprint density at radius 3 is 2.35 bits per heavy atom. The van der Waals surface area contributed by atoms with Gasteiger partial charge in [-0.3, -0.25) is 4.90 Å². The number of hydrogen-bond donors (Lipinski definition) is 1. The highest BCUT2D eigenvalue weighted by Gasteiger charge is 2.18. The third-order valence-corrected chi connectivity index (χ3v) is 5.96. The fraction of sp³-hybridized carbons (Fsp3) is 0.444. The lowest BCUT2D eigenvalue weighted by atomic mass is 10.2. The molecule has 1 fully saturated rings. The number of rotatable bonds is 7. The molecule has 1 aliphatic rings. The van der Waals surface area contributed by atoms with Gasteiger partial charge in [-0.1, -0.05) is 17.7 Å². The average Bonchev–Trinajstić information content (AvgIpc) is 2.67. The highest BCUT2D eigenvalue weighted by atomic mass is 32.2. The van der Waals surface area contributed by atoms with E-state index in [1.54, 1.807) is 24.5 Å². The Hall–Kier alpha value is -2.03. The van der Waals surface area contributed by atoms with Crippen molar-refractivity contribution in [1.82, 2.24) is 19.6 Å². The lowest BCUT2D eigenvalue weighted by molar-refractivity contribution is 0.254. The topological polar surface area (TPSA) is 78.4 Å². The fourth-order valence-corrected chi connectivity index (χ4v) is 4.01. The van der Waals surface area contributed by atoms with Crippen LogP contribution in [0.3, 0.4) is 0 Å². The lowest BCUT2D eigenvalue weighted by Gasteiger charge is -2.34. The quantitative estimate of drug-likeness (QED) is 0.735. The largest absolute Gasteiger partial charge is 0.338 e. The average molecular weight is 375 g/mol. The molecular weight excluding hydrogens is 350 g/mol. The summed E-state index contributed by atoms with van der Waals surface area (Å²) in [5.41, 5.74) is 1.05. The smallest absolute Gasteiger partial charge is 0.240 e. The van der Waals surface area contributed by atoms with Crippen molar-refractivity contribution in [3.8, 4) is 0 Å². The summed E-state index contributed by atoms with van der Waals surface area (Å²) in [6.45, 7) is 6.90. The maximum atomic E-state index is 12.2. The van der Waals surface area contributed by atoms with Crippen molar-refractivity contribution in [2.75, 3.05) is 44.2 Å². The van der Waals surface area contributed by atoms with Gasteiger partial charge in [-0.15, -0.1) is 0 Å². The van der Waals surface area contributed by atoms with Gasteiger partial charge in [0.25, 0.3) is 0 Å². The number of aromatic nitrogens is 2.